The monoisotopic (exact) mass is 299 g/mol. The van der Waals surface area contributed by atoms with Crippen molar-refractivity contribution in [2.75, 3.05) is 13.6 Å². The number of benzene rings is 1. The number of nitrogens with zero attached hydrogens (tertiary/aromatic N) is 1. The van der Waals surface area contributed by atoms with Crippen molar-refractivity contribution in [1.82, 2.24) is 15.6 Å². The van der Waals surface area contributed by atoms with E-state index in [-0.39, 0.29) is 17.7 Å². The number of hydrogen-bond acceptors (Lipinski definition) is 3. The Morgan fingerprint density at radius 3 is 2.68 bits per heavy atom. The van der Waals surface area contributed by atoms with Gasteiger partial charge in [-0.2, -0.15) is 0 Å². The quantitative estimate of drug-likeness (QED) is 0.889. The van der Waals surface area contributed by atoms with E-state index in [0.717, 1.165) is 22.9 Å². The van der Waals surface area contributed by atoms with Crippen LogP contribution >= 0.6 is 0 Å². The van der Waals surface area contributed by atoms with Crippen LogP contribution in [-0.2, 0) is 4.79 Å². The Hall–Kier alpha value is -2.43. The summed E-state index contributed by atoms with van der Waals surface area (Å²) < 4.78 is 0. The van der Waals surface area contributed by atoms with Crippen LogP contribution in [0.4, 0.5) is 0 Å². The molecular formula is C17H21N3O2. The van der Waals surface area contributed by atoms with Crippen LogP contribution < -0.4 is 10.6 Å². The molecule has 0 bridgehead atoms. The number of nitrogens with one attached hydrogen (secondary N) is 2. The Morgan fingerprint density at radius 2 is 2.05 bits per heavy atom. The summed E-state index contributed by atoms with van der Waals surface area (Å²) in [4.78, 5) is 27.6. The highest BCUT2D eigenvalue weighted by atomic mass is 16.2. The number of para-hydroxylation sites is 1. The standard InChI is InChI=1S/C17H21N3O2/c1-4-12(10-20-11(2)21)13-6-5-7-14-15(17(22)18-3)8-9-19-16(13)14/h5-9,12H,4,10H2,1-3H3,(H,18,22)(H,20,21)/t12-/m1/s1. The lowest BCUT2D eigenvalue weighted by molar-refractivity contribution is -0.119. The van der Waals surface area contributed by atoms with Crippen molar-refractivity contribution in [1.29, 1.82) is 0 Å². The molecule has 1 heterocycles. The number of carbonyl (C=O) groups is 2. The number of pyridine rings is 1. The molecule has 116 valence electrons. The fraction of sp³-hybridized carbons (Fsp3) is 0.353. The number of hydrogen-bond donors (Lipinski definition) is 2. The van der Waals surface area contributed by atoms with Crippen LogP contribution in [0.2, 0.25) is 0 Å². The van der Waals surface area contributed by atoms with E-state index < -0.39 is 0 Å². The normalized spacial score (nSPS) is 12.0. The van der Waals surface area contributed by atoms with Crippen molar-refractivity contribution in [2.45, 2.75) is 26.2 Å². The van der Waals surface area contributed by atoms with Gasteiger partial charge in [0.05, 0.1) is 11.1 Å². The van der Waals surface area contributed by atoms with Crippen LogP contribution in [0.25, 0.3) is 10.9 Å². The van der Waals surface area contributed by atoms with E-state index in [9.17, 15) is 9.59 Å². The lowest BCUT2D eigenvalue weighted by Crippen LogP contribution is -2.26. The van der Waals surface area contributed by atoms with Gasteiger partial charge in [0.2, 0.25) is 5.91 Å². The van der Waals surface area contributed by atoms with E-state index in [1.54, 1.807) is 19.3 Å². The highest BCUT2D eigenvalue weighted by Crippen LogP contribution is 2.27. The van der Waals surface area contributed by atoms with Crippen molar-refractivity contribution in [3.05, 3.63) is 41.6 Å². The molecule has 2 rings (SSSR count). The molecule has 2 N–H and O–H groups in total. The van der Waals surface area contributed by atoms with E-state index in [0.29, 0.717) is 12.1 Å². The Morgan fingerprint density at radius 1 is 1.27 bits per heavy atom. The van der Waals surface area contributed by atoms with Crippen LogP contribution in [0.1, 0.15) is 42.1 Å². The van der Waals surface area contributed by atoms with E-state index in [2.05, 4.69) is 22.5 Å². The molecule has 2 aromatic rings. The smallest absolute Gasteiger partial charge is 0.251 e. The number of rotatable bonds is 5. The average Bonchev–Trinajstić information content (AvgIpc) is 2.54. The third-order valence-electron chi connectivity index (χ3n) is 3.80. The molecule has 1 atom stereocenters. The maximum absolute atomic E-state index is 12.0. The maximum Gasteiger partial charge on any atom is 0.251 e. The highest BCUT2D eigenvalue weighted by molar-refractivity contribution is 6.06. The molecule has 0 saturated heterocycles. The second-order valence-electron chi connectivity index (χ2n) is 5.22. The minimum atomic E-state index is -0.126. The first-order chi connectivity index (χ1) is 10.6. The zero-order chi connectivity index (χ0) is 16.1. The molecule has 0 aliphatic heterocycles. The minimum Gasteiger partial charge on any atom is -0.356 e. The molecule has 0 radical (unpaired) electrons. The van der Waals surface area contributed by atoms with Crippen molar-refractivity contribution in [2.24, 2.45) is 0 Å². The van der Waals surface area contributed by atoms with Gasteiger partial charge in [-0.1, -0.05) is 25.1 Å². The molecule has 0 aliphatic carbocycles. The SMILES string of the molecule is CC[C@H](CNC(C)=O)c1cccc2c(C(=O)NC)ccnc12. The van der Waals surface area contributed by atoms with Gasteiger partial charge in [-0.05, 0) is 18.1 Å². The number of aromatic nitrogens is 1. The summed E-state index contributed by atoms with van der Waals surface area (Å²) >= 11 is 0. The van der Waals surface area contributed by atoms with E-state index >= 15 is 0 Å². The van der Waals surface area contributed by atoms with Gasteiger partial charge >= 0.3 is 0 Å². The first-order valence-electron chi connectivity index (χ1n) is 7.42. The third-order valence-corrected chi connectivity index (χ3v) is 3.80. The first-order valence-corrected chi connectivity index (χ1v) is 7.42. The zero-order valence-corrected chi connectivity index (χ0v) is 13.1. The fourth-order valence-electron chi connectivity index (χ4n) is 2.60. The summed E-state index contributed by atoms with van der Waals surface area (Å²) in [6, 6.07) is 7.57. The first kappa shape index (κ1) is 15.9. The minimum absolute atomic E-state index is 0.0438. The molecule has 22 heavy (non-hydrogen) atoms. The molecular weight excluding hydrogens is 278 g/mol. The van der Waals surface area contributed by atoms with Crippen LogP contribution in [0.5, 0.6) is 0 Å². The van der Waals surface area contributed by atoms with Crippen molar-refractivity contribution in [3.8, 4) is 0 Å². The van der Waals surface area contributed by atoms with E-state index in [4.69, 9.17) is 0 Å². The summed E-state index contributed by atoms with van der Waals surface area (Å²) in [5.74, 6) is -0.00260. The summed E-state index contributed by atoms with van der Waals surface area (Å²) in [6.45, 7) is 4.16. The molecule has 0 saturated carbocycles. The average molecular weight is 299 g/mol. The summed E-state index contributed by atoms with van der Waals surface area (Å²) in [6.07, 6.45) is 2.53. The predicted molar refractivity (Wildman–Crippen MR) is 86.8 cm³/mol. The Labute approximate surface area is 130 Å². The van der Waals surface area contributed by atoms with Gasteiger partial charge in [0.25, 0.3) is 5.91 Å². The number of carbonyl (C=O) groups excluding carboxylic acids is 2. The molecule has 0 spiro atoms. The van der Waals surface area contributed by atoms with Crippen LogP contribution in [0, 0.1) is 0 Å². The van der Waals surface area contributed by atoms with Crippen molar-refractivity contribution >= 4 is 22.7 Å². The molecule has 5 nitrogen and oxygen atoms in total. The van der Waals surface area contributed by atoms with Crippen LogP contribution in [-0.4, -0.2) is 30.4 Å². The van der Waals surface area contributed by atoms with E-state index in [1.165, 1.54) is 6.92 Å². The third kappa shape index (κ3) is 3.24. The lowest BCUT2D eigenvalue weighted by atomic mass is 9.92. The molecule has 0 aliphatic rings. The van der Waals surface area contributed by atoms with Gasteiger partial charge < -0.3 is 10.6 Å². The Balaban J connectivity index is 2.50. The second kappa shape index (κ2) is 7.02. The molecule has 0 unspecified atom stereocenters. The summed E-state index contributed by atoms with van der Waals surface area (Å²) in [7, 11) is 1.62. The topological polar surface area (TPSA) is 71.1 Å². The van der Waals surface area contributed by atoms with Gasteiger partial charge in [0, 0.05) is 38.0 Å². The number of fused-ring (bicyclic) bond motifs is 1. The van der Waals surface area contributed by atoms with Gasteiger partial charge in [0.1, 0.15) is 0 Å². The highest BCUT2D eigenvalue weighted by Gasteiger charge is 2.16. The van der Waals surface area contributed by atoms with Gasteiger partial charge in [-0.15, -0.1) is 0 Å². The summed E-state index contributed by atoms with van der Waals surface area (Å²) in [5, 5.41) is 6.35. The molecule has 2 amide bonds. The molecule has 1 aromatic carbocycles. The molecule has 5 heteroatoms. The van der Waals surface area contributed by atoms with Crippen LogP contribution in [0.15, 0.2) is 30.5 Å². The lowest BCUT2D eigenvalue weighted by Gasteiger charge is -2.18. The molecule has 1 aromatic heterocycles. The van der Waals surface area contributed by atoms with Crippen molar-refractivity contribution < 1.29 is 9.59 Å². The Kier molecular flexibility index (Phi) is 5.09. The maximum atomic E-state index is 12.0. The second-order valence-corrected chi connectivity index (χ2v) is 5.22. The zero-order valence-electron chi connectivity index (χ0n) is 13.1. The van der Waals surface area contributed by atoms with Crippen molar-refractivity contribution in [3.63, 3.8) is 0 Å². The van der Waals surface area contributed by atoms with Crippen LogP contribution in [0.3, 0.4) is 0 Å². The van der Waals surface area contributed by atoms with Gasteiger partial charge in [-0.3, -0.25) is 14.6 Å². The van der Waals surface area contributed by atoms with Gasteiger partial charge in [-0.25, -0.2) is 0 Å². The largest absolute Gasteiger partial charge is 0.356 e. The van der Waals surface area contributed by atoms with E-state index in [1.807, 2.05) is 18.2 Å². The van der Waals surface area contributed by atoms with Gasteiger partial charge in [0.15, 0.2) is 0 Å². The number of amides is 2. The fourth-order valence-corrected chi connectivity index (χ4v) is 2.60. The molecule has 0 fully saturated rings. The predicted octanol–water partition coefficient (Wildman–Crippen LogP) is 2.22. The Bertz CT molecular complexity index is 697. The summed E-state index contributed by atoms with van der Waals surface area (Å²) in [5.41, 5.74) is 2.49.